The standard InChI is InChI=1S/C34H34FN5O2/c1-2-3-5-11-26(35)16-17-30(41)37-34(19-8-20-34)25-14-12-24(13-15-25)31-27(23-9-6-4-7-10-23)22-28-29(36-31)18-21-40-32(28)38-39-33(40)42/h4,6-7,9-10,12-18,21-22,26H,2-3,5,8,11,19-20H2,1H3,(H,37,41)(H,39,42)/b17-16+. The first-order chi connectivity index (χ1) is 20.5. The van der Waals surface area contributed by atoms with Gasteiger partial charge >= 0.3 is 5.69 Å². The van der Waals surface area contributed by atoms with Crippen LogP contribution >= 0.6 is 0 Å². The van der Waals surface area contributed by atoms with Crippen LogP contribution in [0.3, 0.4) is 0 Å². The molecule has 1 fully saturated rings. The molecule has 3 aromatic heterocycles. The van der Waals surface area contributed by atoms with Crippen molar-refractivity contribution in [3.8, 4) is 22.4 Å². The predicted octanol–water partition coefficient (Wildman–Crippen LogP) is 6.87. The molecule has 6 rings (SSSR count). The molecule has 8 heteroatoms. The first-order valence-corrected chi connectivity index (χ1v) is 14.7. The van der Waals surface area contributed by atoms with E-state index in [0.29, 0.717) is 12.1 Å². The number of hydrogen-bond acceptors (Lipinski definition) is 4. The SMILES string of the molecule is CCCCCC(F)/C=C/C(=O)NC1(c2ccc(-c3nc4ccn5c(=O)[nH]nc5c4cc3-c3ccccc3)cc2)CCC1. The minimum absolute atomic E-state index is 0.261. The number of allylic oxidation sites excluding steroid dienone is 1. The molecule has 0 aliphatic heterocycles. The average Bonchev–Trinajstić information content (AvgIpc) is 3.39. The number of rotatable bonds is 10. The molecular formula is C34H34FN5O2. The van der Waals surface area contributed by atoms with Crippen LogP contribution in [0, 0.1) is 0 Å². The van der Waals surface area contributed by atoms with E-state index in [-0.39, 0.29) is 11.6 Å². The second-order valence-corrected chi connectivity index (χ2v) is 11.1. The van der Waals surface area contributed by atoms with Gasteiger partial charge in [-0.3, -0.25) is 4.79 Å². The highest BCUT2D eigenvalue weighted by Crippen LogP contribution is 2.42. The zero-order chi connectivity index (χ0) is 29.1. The lowest BCUT2D eigenvalue weighted by Crippen LogP contribution is -2.50. The van der Waals surface area contributed by atoms with E-state index in [1.807, 2.05) is 54.6 Å². The number of unbranched alkanes of at least 4 members (excludes halogenated alkanes) is 2. The average molecular weight is 564 g/mol. The Morgan fingerprint density at radius 2 is 1.88 bits per heavy atom. The molecule has 7 nitrogen and oxygen atoms in total. The summed E-state index contributed by atoms with van der Waals surface area (Å²) in [5.74, 6) is -0.261. The van der Waals surface area contributed by atoms with Gasteiger partial charge in [0.05, 0.1) is 16.7 Å². The van der Waals surface area contributed by atoms with Crippen LogP contribution in [0.4, 0.5) is 4.39 Å². The number of aromatic nitrogens is 4. The molecule has 1 aliphatic rings. The van der Waals surface area contributed by atoms with Gasteiger partial charge in [0.25, 0.3) is 0 Å². The summed E-state index contributed by atoms with van der Waals surface area (Å²) in [6, 6.07) is 22.1. The second-order valence-electron chi connectivity index (χ2n) is 11.1. The maximum atomic E-state index is 14.2. The smallest absolute Gasteiger partial charge is 0.343 e. The van der Waals surface area contributed by atoms with Gasteiger partial charge in [-0.2, -0.15) is 5.10 Å². The highest BCUT2D eigenvalue weighted by molar-refractivity contribution is 5.98. The number of benzene rings is 2. The molecule has 5 aromatic rings. The zero-order valence-corrected chi connectivity index (χ0v) is 23.6. The van der Waals surface area contributed by atoms with Crippen molar-refractivity contribution in [2.24, 2.45) is 0 Å². The van der Waals surface area contributed by atoms with E-state index in [0.717, 1.165) is 77.4 Å². The molecule has 1 unspecified atom stereocenters. The van der Waals surface area contributed by atoms with Gasteiger partial charge in [0.1, 0.15) is 6.17 Å². The van der Waals surface area contributed by atoms with Crippen LogP contribution in [0.1, 0.15) is 57.4 Å². The topological polar surface area (TPSA) is 92.2 Å². The zero-order valence-electron chi connectivity index (χ0n) is 23.6. The fraction of sp³-hybridized carbons (Fsp3) is 0.294. The molecule has 1 amide bonds. The molecule has 214 valence electrons. The lowest BCUT2D eigenvalue weighted by molar-refractivity contribution is -0.119. The minimum Gasteiger partial charge on any atom is -0.343 e. The summed E-state index contributed by atoms with van der Waals surface area (Å²) < 4.78 is 15.7. The van der Waals surface area contributed by atoms with E-state index in [1.54, 1.807) is 6.20 Å². The van der Waals surface area contributed by atoms with Crippen LogP contribution in [-0.2, 0) is 10.3 Å². The van der Waals surface area contributed by atoms with Crippen molar-refractivity contribution >= 4 is 22.5 Å². The Kier molecular flexibility index (Phi) is 7.69. The summed E-state index contributed by atoms with van der Waals surface area (Å²) in [6.45, 7) is 2.09. The number of H-pyrrole nitrogens is 1. The Labute approximate surface area is 243 Å². The third-order valence-corrected chi connectivity index (χ3v) is 8.28. The second kappa shape index (κ2) is 11.7. The number of hydrogen-bond donors (Lipinski definition) is 2. The summed E-state index contributed by atoms with van der Waals surface area (Å²) in [4.78, 5) is 30.0. The number of nitrogens with zero attached hydrogens (tertiary/aromatic N) is 3. The third kappa shape index (κ3) is 5.36. The number of fused-ring (bicyclic) bond motifs is 3. The van der Waals surface area contributed by atoms with Gasteiger partial charge in [-0.25, -0.2) is 23.7 Å². The van der Waals surface area contributed by atoms with Crippen LogP contribution in [0.2, 0.25) is 0 Å². The minimum atomic E-state index is -1.10. The van der Waals surface area contributed by atoms with Crippen LogP contribution in [0.15, 0.2) is 89.9 Å². The van der Waals surface area contributed by atoms with Gasteiger partial charge in [-0.15, -0.1) is 0 Å². The lowest BCUT2D eigenvalue weighted by Gasteiger charge is -2.43. The molecule has 1 saturated carbocycles. The van der Waals surface area contributed by atoms with E-state index in [2.05, 4.69) is 34.6 Å². The molecule has 3 heterocycles. The quantitative estimate of drug-likeness (QED) is 0.143. The van der Waals surface area contributed by atoms with Crippen molar-refractivity contribution in [3.63, 3.8) is 0 Å². The van der Waals surface area contributed by atoms with E-state index >= 15 is 0 Å². The normalized spacial score (nSPS) is 15.2. The first-order valence-electron chi connectivity index (χ1n) is 14.7. The fourth-order valence-electron chi connectivity index (χ4n) is 5.79. The molecule has 0 spiro atoms. The predicted molar refractivity (Wildman–Crippen MR) is 164 cm³/mol. The summed E-state index contributed by atoms with van der Waals surface area (Å²) in [5, 5.41) is 10.7. The number of alkyl halides is 1. The number of carbonyl (C=O) groups excluding carboxylic acids is 1. The molecule has 42 heavy (non-hydrogen) atoms. The van der Waals surface area contributed by atoms with Crippen LogP contribution in [0.5, 0.6) is 0 Å². The number of aromatic amines is 1. The highest BCUT2D eigenvalue weighted by Gasteiger charge is 2.39. The summed E-state index contributed by atoms with van der Waals surface area (Å²) in [6.07, 6.45) is 9.31. The van der Waals surface area contributed by atoms with Crippen molar-refractivity contribution in [1.29, 1.82) is 0 Å². The molecule has 0 bridgehead atoms. The van der Waals surface area contributed by atoms with Crippen LogP contribution < -0.4 is 11.0 Å². The summed E-state index contributed by atoms with van der Waals surface area (Å²) in [7, 11) is 0. The van der Waals surface area contributed by atoms with Crippen molar-refractivity contribution in [2.45, 2.75) is 63.6 Å². The van der Waals surface area contributed by atoms with Gasteiger partial charge in [-0.1, -0.05) is 80.8 Å². The van der Waals surface area contributed by atoms with Crippen LogP contribution in [0.25, 0.3) is 38.9 Å². The molecule has 2 aromatic carbocycles. The Morgan fingerprint density at radius 1 is 1.10 bits per heavy atom. The van der Waals surface area contributed by atoms with Crippen LogP contribution in [-0.4, -0.2) is 31.7 Å². The van der Waals surface area contributed by atoms with Gasteiger partial charge in [-0.05, 0) is 55.0 Å². The van der Waals surface area contributed by atoms with E-state index < -0.39 is 11.7 Å². The maximum Gasteiger partial charge on any atom is 0.347 e. The molecule has 1 aliphatic carbocycles. The fourth-order valence-corrected chi connectivity index (χ4v) is 5.79. The molecule has 0 saturated heterocycles. The molecule has 0 radical (unpaired) electrons. The monoisotopic (exact) mass is 563 g/mol. The van der Waals surface area contributed by atoms with Crippen molar-refractivity contribution < 1.29 is 9.18 Å². The Morgan fingerprint density at radius 3 is 2.60 bits per heavy atom. The number of nitrogens with one attached hydrogen (secondary N) is 2. The molecular weight excluding hydrogens is 529 g/mol. The largest absolute Gasteiger partial charge is 0.347 e. The number of halogens is 1. The Bertz CT molecular complexity index is 1800. The van der Waals surface area contributed by atoms with E-state index in [9.17, 15) is 14.0 Å². The third-order valence-electron chi connectivity index (χ3n) is 8.28. The lowest BCUT2D eigenvalue weighted by atomic mass is 9.71. The van der Waals surface area contributed by atoms with Gasteiger partial charge < -0.3 is 5.32 Å². The number of carbonyl (C=O) groups is 1. The Hall–Kier alpha value is -4.59. The van der Waals surface area contributed by atoms with E-state index in [4.69, 9.17) is 4.98 Å². The van der Waals surface area contributed by atoms with Crippen molar-refractivity contribution in [3.05, 3.63) is 101 Å². The Balaban J connectivity index is 1.31. The number of pyridine rings is 2. The maximum absolute atomic E-state index is 14.2. The summed E-state index contributed by atoms with van der Waals surface area (Å²) >= 11 is 0. The van der Waals surface area contributed by atoms with Gasteiger partial charge in [0, 0.05) is 28.8 Å². The van der Waals surface area contributed by atoms with E-state index in [1.165, 1.54) is 16.6 Å². The van der Waals surface area contributed by atoms with Gasteiger partial charge in [0.15, 0.2) is 5.65 Å². The van der Waals surface area contributed by atoms with Gasteiger partial charge in [0.2, 0.25) is 5.91 Å². The highest BCUT2D eigenvalue weighted by atomic mass is 19.1. The first kappa shape index (κ1) is 27.6. The van der Waals surface area contributed by atoms with Crippen molar-refractivity contribution in [1.82, 2.24) is 24.9 Å². The number of amides is 1. The molecule has 1 atom stereocenters. The summed E-state index contributed by atoms with van der Waals surface area (Å²) in [5.41, 5.74) is 5.22. The molecule has 2 N–H and O–H groups in total. The van der Waals surface area contributed by atoms with Crippen molar-refractivity contribution in [2.75, 3.05) is 0 Å².